The predicted molar refractivity (Wildman–Crippen MR) is 137 cm³/mol. The molecule has 8 heteroatoms. The van der Waals surface area contributed by atoms with E-state index in [1.807, 2.05) is 44.2 Å². The van der Waals surface area contributed by atoms with E-state index in [2.05, 4.69) is 4.98 Å². The van der Waals surface area contributed by atoms with Crippen molar-refractivity contribution in [2.75, 3.05) is 4.90 Å². The number of hydrogen-bond donors (Lipinski definition) is 1. The van der Waals surface area contributed by atoms with E-state index in [-0.39, 0.29) is 16.4 Å². The number of halogens is 2. The van der Waals surface area contributed by atoms with Crippen LogP contribution in [0.2, 0.25) is 10.0 Å². The van der Waals surface area contributed by atoms with Gasteiger partial charge in [0.1, 0.15) is 5.76 Å². The summed E-state index contributed by atoms with van der Waals surface area (Å²) in [4.78, 5) is 32.6. The summed E-state index contributed by atoms with van der Waals surface area (Å²) in [7, 11) is 0. The summed E-state index contributed by atoms with van der Waals surface area (Å²) in [6.45, 7) is 3.90. The van der Waals surface area contributed by atoms with E-state index >= 15 is 0 Å². The third-order valence-corrected chi connectivity index (χ3v) is 7.52. The monoisotopic (exact) mass is 508 g/mol. The Balaban J connectivity index is 1.74. The summed E-state index contributed by atoms with van der Waals surface area (Å²) in [5.41, 5.74) is 3.74. The van der Waals surface area contributed by atoms with E-state index in [1.165, 1.54) is 16.2 Å². The van der Waals surface area contributed by atoms with Gasteiger partial charge in [-0.3, -0.25) is 14.5 Å². The van der Waals surface area contributed by atoms with Crippen molar-refractivity contribution in [1.82, 2.24) is 4.98 Å². The van der Waals surface area contributed by atoms with E-state index in [9.17, 15) is 14.7 Å². The Morgan fingerprint density at radius 1 is 0.941 bits per heavy atom. The maximum absolute atomic E-state index is 13.3. The number of rotatable bonds is 3. The van der Waals surface area contributed by atoms with Crippen molar-refractivity contribution >= 4 is 67.3 Å². The maximum Gasteiger partial charge on any atom is 0.301 e. The van der Waals surface area contributed by atoms with Crippen molar-refractivity contribution in [2.45, 2.75) is 19.9 Å². The molecule has 0 aliphatic carbocycles. The first-order valence-electron chi connectivity index (χ1n) is 10.4. The molecule has 1 aliphatic rings. The van der Waals surface area contributed by atoms with Gasteiger partial charge in [0, 0.05) is 5.56 Å². The van der Waals surface area contributed by atoms with Crippen LogP contribution in [0.5, 0.6) is 0 Å². The van der Waals surface area contributed by atoms with Crippen LogP contribution in [0.4, 0.5) is 5.13 Å². The summed E-state index contributed by atoms with van der Waals surface area (Å²) in [6, 6.07) is 16.9. The van der Waals surface area contributed by atoms with Gasteiger partial charge in [0.15, 0.2) is 5.13 Å². The van der Waals surface area contributed by atoms with Crippen molar-refractivity contribution in [3.05, 3.63) is 98.5 Å². The highest BCUT2D eigenvalue weighted by atomic mass is 35.5. The van der Waals surface area contributed by atoms with Crippen LogP contribution in [-0.4, -0.2) is 21.8 Å². The summed E-state index contributed by atoms with van der Waals surface area (Å²) < 4.78 is 0.892. The number of benzene rings is 3. The van der Waals surface area contributed by atoms with Gasteiger partial charge >= 0.3 is 5.91 Å². The first-order valence-corrected chi connectivity index (χ1v) is 12.0. The minimum absolute atomic E-state index is 0.0253. The Kier molecular flexibility index (Phi) is 5.68. The number of hydrogen-bond acceptors (Lipinski definition) is 5. The normalized spacial score (nSPS) is 17.6. The molecule has 1 aliphatic heterocycles. The van der Waals surface area contributed by atoms with E-state index in [4.69, 9.17) is 23.2 Å². The molecule has 0 spiro atoms. The molecule has 170 valence electrons. The highest BCUT2D eigenvalue weighted by molar-refractivity contribution is 7.22. The molecule has 2 heterocycles. The number of aryl methyl sites for hydroxylation is 2. The molecule has 0 bridgehead atoms. The third-order valence-electron chi connectivity index (χ3n) is 5.77. The molecular weight excluding hydrogens is 491 g/mol. The second-order valence-electron chi connectivity index (χ2n) is 8.18. The van der Waals surface area contributed by atoms with Crippen LogP contribution in [0.1, 0.15) is 28.3 Å². The fourth-order valence-corrected chi connectivity index (χ4v) is 5.41. The van der Waals surface area contributed by atoms with E-state index in [0.29, 0.717) is 21.3 Å². The number of amides is 1. The average Bonchev–Trinajstić information content (AvgIpc) is 3.33. The minimum Gasteiger partial charge on any atom is -0.507 e. The van der Waals surface area contributed by atoms with E-state index < -0.39 is 17.7 Å². The lowest BCUT2D eigenvalue weighted by molar-refractivity contribution is -0.132. The molecule has 4 aromatic rings. The topological polar surface area (TPSA) is 70.5 Å². The molecule has 1 atom stereocenters. The maximum atomic E-state index is 13.3. The molecule has 1 aromatic heterocycles. The molecule has 0 saturated carbocycles. The quantitative estimate of drug-likeness (QED) is 0.186. The van der Waals surface area contributed by atoms with Gasteiger partial charge in [-0.1, -0.05) is 76.5 Å². The second-order valence-corrected chi connectivity index (χ2v) is 10.00. The van der Waals surface area contributed by atoms with Crippen LogP contribution >= 0.6 is 34.5 Å². The largest absolute Gasteiger partial charge is 0.507 e. The number of anilines is 1. The number of carbonyl (C=O) groups is 2. The van der Waals surface area contributed by atoms with Crippen molar-refractivity contribution in [3.8, 4) is 0 Å². The number of aliphatic hydroxyl groups excluding tert-OH is 1. The Morgan fingerprint density at radius 2 is 1.65 bits per heavy atom. The molecule has 0 radical (unpaired) electrons. The van der Waals surface area contributed by atoms with Crippen LogP contribution in [0.3, 0.4) is 0 Å². The standard InChI is InChI=1S/C26H18Cl2N2O3S/c1-13-3-6-15(7-4-13)23(31)21-22(16-8-9-17(27)18(28)12-16)30(25(33)24(21)32)26-29-19-10-5-14(2)11-20(19)34-26/h3-12,22,31H,1-2H3. The molecule has 5 nitrogen and oxygen atoms in total. The Hall–Kier alpha value is -3.19. The number of aromatic nitrogens is 1. The molecule has 34 heavy (non-hydrogen) atoms. The van der Waals surface area contributed by atoms with Crippen molar-refractivity contribution in [1.29, 1.82) is 0 Å². The first-order chi connectivity index (χ1) is 16.2. The Labute approximate surface area is 209 Å². The third kappa shape index (κ3) is 3.78. The van der Waals surface area contributed by atoms with Gasteiger partial charge in [-0.15, -0.1) is 0 Å². The van der Waals surface area contributed by atoms with Crippen LogP contribution in [0.15, 0.2) is 66.2 Å². The molecule has 1 fully saturated rings. The summed E-state index contributed by atoms with van der Waals surface area (Å²) >= 11 is 13.7. The van der Waals surface area contributed by atoms with Crippen molar-refractivity contribution in [3.63, 3.8) is 0 Å². The number of carbonyl (C=O) groups excluding carboxylic acids is 2. The number of aliphatic hydroxyl groups is 1. The number of nitrogens with zero attached hydrogens (tertiary/aromatic N) is 2. The first kappa shape index (κ1) is 22.6. The molecule has 1 amide bonds. The molecule has 1 N–H and O–H groups in total. The molecule has 3 aromatic carbocycles. The second kappa shape index (κ2) is 8.55. The van der Waals surface area contributed by atoms with Crippen LogP contribution in [0.25, 0.3) is 16.0 Å². The number of thiazole rings is 1. The van der Waals surface area contributed by atoms with Crippen LogP contribution in [-0.2, 0) is 9.59 Å². The predicted octanol–water partition coefficient (Wildman–Crippen LogP) is 6.85. The van der Waals surface area contributed by atoms with Crippen molar-refractivity contribution in [2.24, 2.45) is 0 Å². The highest BCUT2D eigenvalue weighted by Gasteiger charge is 2.48. The zero-order chi connectivity index (χ0) is 24.1. The number of Topliss-reactive ketones (excluding diaryl/α,β-unsaturated/α-hetero) is 1. The lowest BCUT2D eigenvalue weighted by Crippen LogP contribution is -2.29. The summed E-state index contributed by atoms with van der Waals surface area (Å²) in [6.07, 6.45) is 0. The van der Waals surface area contributed by atoms with Gasteiger partial charge in [-0.2, -0.15) is 0 Å². The zero-order valence-electron chi connectivity index (χ0n) is 18.2. The van der Waals surface area contributed by atoms with Gasteiger partial charge in [0.2, 0.25) is 0 Å². The average molecular weight is 509 g/mol. The lowest BCUT2D eigenvalue weighted by Gasteiger charge is -2.23. The lowest BCUT2D eigenvalue weighted by atomic mass is 9.95. The fourth-order valence-electron chi connectivity index (χ4n) is 4.02. The van der Waals surface area contributed by atoms with Gasteiger partial charge in [0.05, 0.1) is 31.9 Å². The SMILES string of the molecule is Cc1ccc(C(O)=C2C(=O)C(=O)N(c3nc4ccc(C)cc4s3)C2c2ccc(Cl)c(Cl)c2)cc1. The van der Waals surface area contributed by atoms with E-state index in [0.717, 1.165) is 21.3 Å². The molecular formula is C26H18Cl2N2O3S. The zero-order valence-corrected chi connectivity index (χ0v) is 20.5. The molecule has 5 rings (SSSR count). The summed E-state index contributed by atoms with van der Waals surface area (Å²) in [5.74, 6) is -1.81. The number of ketones is 1. The van der Waals surface area contributed by atoms with Gasteiger partial charge < -0.3 is 5.11 Å². The fraction of sp³-hybridized carbons (Fsp3) is 0.115. The van der Waals surface area contributed by atoms with E-state index in [1.54, 1.807) is 30.3 Å². The highest BCUT2D eigenvalue weighted by Crippen LogP contribution is 2.45. The van der Waals surface area contributed by atoms with Gasteiger partial charge in [-0.05, 0) is 49.2 Å². The minimum atomic E-state index is -0.919. The smallest absolute Gasteiger partial charge is 0.301 e. The summed E-state index contributed by atoms with van der Waals surface area (Å²) in [5, 5.41) is 12.2. The molecule has 1 saturated heterocycles. The van der Waals surface area contributed by atoms with Crippen LogP contribution < -0.4 is 4.90 Å². The Morgan fingerprint density at radius 3 is 2.35 bits per heavy atom. The number of fused-ring (bicyclic) bond motifs is 1. The van der Waals surface area contributed by atoms with Gasteiger partial charge in [-0.25, -0.2) is 4.98 Å². The Bertz CT molecular complexity index is 1510. The van der Waals surface area contributed by atoms with Gasteiger partial charge in [0.25, 0.3) is 5.78 Å². The molecule has 1 unspecified atom stereocenters. The van der Waals surface area contributed by atoms with Crippen molar-refractivity contribution < 1.29 is 14.7 Å². The van der Waals surface area contributed by atoms with Crippen LogP contribution in [0, 0.1) is 13.8 Å².